The first kappa shape index (κ1) is 22.4. The summed E-state index contributed by atoms with van der Waals surface area (Å²) in [4.78, 5) is 36.7. The molecule has 0 spiro atoms. The minimum absolute atomic E-state index is 0.00732. The second kappa shape index (κ2) is 9.71. The fourth-order valence-corrected chi connectivity index (χ4v) is 3.68. The number of nitrogens with zero attached hydrogens (tertiary/aromatic N) is 2. The lowest BCUT2D eigenvalue weighted by molar-refractivity contribution is -0.384. The van der Waals surface area contributed by atoms with Crippen molar-refractivity contribution in [3.63, 3.8) is 0 Å². The van der Waals surface area contributed by atoms with Crippen molar-refractivity contribution < 1.29 is 19.6 Å². The van der Waals surface area contributed by atoms with Gasteiger partial charge in [-0.3, -0.25) is 20.2 Å². The average molecular weight is 463 g/mol. The summed E-state index contributed by atoms with van der Waals surface area (Å²) in [6.45, 7) is 1.50. The Kier molecular flexibility index (Phi) is 7.03. The molecule has 3 rings (SSSR count). The molecule has 0 unspecified atom stereocenters. The number of nitro groups is 1. The SMILES string of the molecule is O=C(O)c1ccc(Cl)c(NC(=S)NC(=O)c2cc([N+](=O)[O-])ccc2N2CCCCC2)c1. The van der Waals surface area contributed by atoms with E-state index in [-0.39, 0.29) is 32.6 Å². The molecule has 2 aromatic carbocycles. The van der Waals surface area contributed by atoms with Crippen LogP contribution < -0.4 is 15.5 Å². The highest BCUT2D eigenvalue weighted by Gasteiger charge is 2.22. The number of carboxylic acid groups (broad SMARTS) is 1. The summed E-state index contributed by atoms with van der Waals surface area (Å²) in [5.74, 6) is -1.76. The fourth-order valence-electron chi connectivity index (χ4n) is 3.31. The van der Waals surface area contributed by atoms with E-state index >= 15 is 0 Å². The predicted molar refractivity (Wildman–Crippen MR) is 121 cm³/mol. The Morgan fingerprint density at radius 3 is 2.48 bits per heavy atom. The average Bonchev–Trinajstić information content (AvgIpc) is 2.75. The lowest BCUT2D eigenvalue weighted by Gasteiger charge is -2.30. The van der Waals surface area contributed by atoms with Crippen LogP contribution in [0.15, 0.2) is 36.4 Å². The topological polar surface area (TPSA) is 125 Å². The largest absolute Gasteiger partial charge is 0.478 e. The molecular formula is C20H19ClN4O5S. The number of piperidine rings is 1. The molecule has 1 aliphatic heterocycles. The maximum Gasteiger partial charge on any atom is 0.335 e. The maximum atomic E-state index is 12.9. The molecule has 0 aromatic heterocycles. The van der Waals surface area contributed by atoms with Crippen LogP contribution in [0.5, 0.6) is 0 Å². The third-order valence-corrected chi connectivity index (χ3v) is 5.35. The number of hydrogen-bond donors (Lipinski definition) is 3. The summed E-state index contributed by atoms with van der Waals surface area (Å²) >= 11 is 11.2. The molecule has 31 heavy (non-hydrogen) atoms. The molecule has 0 aliphatic carbocycles. The van der Waals surface area contributed by atoms with Crippen molar-refractivity contribution in [3.8, 4) is 0 Å². The van der Waals surface area contributed by atoms with Crippen LogP contribution in [-0.2, 0) is 0 Å². The number of halogens is 1. The van der Waals surface area contributed by atoms with Crippen molar-refractivity contribution in [3.05, 3.63) is 62.7 Å². The van der Waals surface area contributed by atoms with E-state index in [9.17, 15) is 19.7 Å². The molecular weight excluding hydrogens is 444 g/mol. The van der Waals surface area contributed by atoms with Crippen LogP contribution in [0.4, 0.5) is 17.1 Å². The normalized spacial score (nSPS) is 13.4. The lowest BCUT2D eigenvalue weighted by atomic mass is 10.1. The number of benzene rings is 2. The molecule has 162 valence electrons. The summed E-state index contributed by atoms with van der Waals surface area (Å²) < 4.78 is 0. The molecule has 9 nitrogen and oxygen atoms in total. The van der Waals surface area contributed by atoms with Gasteiger partial charge in [-0.25, -0.2) is 4.79 Å². The number of nitrogens with one attached hydrogen (secondary N) is 2. The van der Waals surface area contributed by atoms with Crippen molar-refractivity contribution in [2.45, 2.75) is 19.3 Å². The Hall–Kier alpha value is -3.24. The van der Waals surface area contributed by atoms with Crippen molar-refractivity contribution in [1.82, 2.24) is 5.32 Å². The van der Waals surface area contributed by atoms with Crippen LogP contribution in [0.25, 0.3) is 0 Å². The van der Waals surface area contributed by atoms with Gasteiger partial charge in [0.15, 0.2) is 5.11 Å². The Labute approximate surface area is 188 Å². The van der Waals surface area contributed by atoms with Gasteiger partial charge >= 0.3 is 5.97 Å². The van der Waals surface area contributed by atoms with Crippen LogP contribution in [0.2, 0.25) is 5.02 Å². The third kappa shape index (κ3) is 5.47. The van der Waals surface area contributed by atoms with Gasteiger partial charge in [0.2, 0.25) is 0 Å². The van der Waals surface area contributed by atoms with E-state index in [4.69, 9.17) is 28.9 Å². The Morgan fingerprint density at radius 1 is 1.13 bits per heavy atom. The highest BCUT2D eigenvalue weighted by molar-refractivity contribution is 7.80. The number of aromatic carboxylic acids is 1. The molecule has 0 radical (unpaired) electrons. The summed E-state index contributed by atoms with van der Waals surface area (Å²) in [5, 5.41) is 25.6. The van der Waals surface area contributed by atoms with E-state index in [1.165, 1.54) is 30.3 Å². The number of hydrogen-bond acceptors (Lipinski definition) is 6. The minimum Gasteiger partial charge on any atom is -0.478 e. The third-order valence-electron chi connectivity index (χ3n) is 4.82. The molecule has 0 bridgehead atoms. The van der Waals surface area contributed by atoms with Gasteiger partial charge in [-0.2, -0.15) is 0 Å². The molecule has 1 saturated heterocycles. The van der Waals surface area contributed by atoms with Gasteiger partial charge in [0.05, 0.1) is 32.4 Å². The van der Waals surface area contributed by atoms with Crippen LogP contribution in [0.3, 0.4) is 0 Å². The summed E-state index contributed by atoms with van der Waals surface area (Å²) in [6, 6.07) is 8.18. The van der Waals surface area contributed by atoms with Crippen molar-refractivity contribution in [1.29, 1.82) is 0 Å². The van der Waals surface area contributed by atoms with Crippen LogP contribution in [-0.4, -0.2) is 40.1 Å². The molecule has 3 N–H and O–H groups in total. The van der Waals surface area contributed by atoms with Gasteiger partial charge in [-0.15, -0.1) is 0 Å². The molecule has 1 aliphatic rings. The zero-order chi connectivity index (χ0) is 22.5. The van der Waals surface area contributed by atoms with E-state index in [0.717, 1.165) is 32.4 Å². The number of thiocarbonyl (C=S) groups is 1. The van der Waals surface area contributed by atoms with Crippen molar-refractivity contribution in [2.24, 2.45) is 0 Å². The highest BCUT2D eigenvalue weighted by atomic mass is 35.5. The van der Waals surface area contributed by atoms with Crippen LogP contribution >= 0.6 is 23.8 Å². The van der Waals surface area contributed by atoms with Gasteiger partial charge in [0, 0.05) is 25.2 Å². The summed E-state index contributed by atoms with van der Waals surface area (Å²) in [7, 11) is 0. The van der Waals surface area contributed by atoms with Gasteiger partial charge in [-0.1, -0.05) is 11.6 Å². The predicted octanol–water partition coefficient (Wildman–Crippen LogP) is 4.06. The van der Waals surface area contributed by atoms with Crippen molar-refractivity contribution in [2.75, 3.05) is 23.3 Å². The number of amides is 1. The van der Waals surface area contributed by atoms with Gasteiger partial charge in [0.25, 0.3) is 11.6 Å². The monoisotopic (exact) mass is 462 g/mol. The smallest absolute Gasteiger partial charge is 0.335 e. The number of rotatable bonds is 5. The van der Waals surface area contributed by atoms with Gasteiger partial charge in [0.1, 0.15) is 0 Å². The first-order valence-corrected chi connectivity index (χ1v) is 10.2. The van der Waals surface area contributed by atoms with E-state index in [0.29, 0.717) is 5.69 Å². The van der Waals surface area contributed by atoms with E-state index in [1.54, 1.807) is 6.07 Å². The van der Waals surface area contributed by atoms with E-state index < -0.39 is 16.8 Å². The maximum absolute atomic E-state index is 12.9. The van der Waals surface area contributed by atoms with Crippen LogP contribution in [0.1, 0.15) is 40.0 Å². The second-order valence-electron chi connectivity index (χ2n) is 6.91. The molecule has 1 heterocycles. The second-order valence-corrected chi connectivity index (χ2v) is 7.73. The van der Waals surface area contributed by atoms with Crippen molar-refractivity contribution >= 4 is 57.9 Å². The Morgan fingerprint density at radius 2 is 1.84 bits per heavy atom. The van der Waals surface area contributed by atoms with Gasteiger partial charge in [-0.05, 0) is 55.7 Å². The van der Waals surface area contributed by atoms with E-state index in [1.807, 2.05) is 4.90 Å². The number of carbonyl (C=O) groups excluding carboxylic acids is 1. The number of nitro benzene ring substituents is 1. The minimum atomic E-state index is -1.14. The zero-order valence-electron chi connectivity index (χ0n) is 16.3. The molecule has 11 heteroatoms. The number of carbonyl (C=O) groups is 2. The Balaban J connectivity index is 1.82. The number of non-ortho nitro benzene ring substituents is 1. The first-order chi connectivity index (χ1) is 14.8. The molecule has 0 atom stereocenters. The lowest BCUT2D eigenvalue weighted by Crippen LogP contribution is -2.36. The summed E-state index contributed by atoms with van der Waals surface area (Å²) in [5.41, 5.74) is 0.721. The molecule has 1 fully saturated rings. The Bertz CT molecular complexity index is 1060. The van der Waals surface area contributed by atoms with Crippen LogP contribution in [0, 0.1) is 10.1 Å². The molecule has 0 saturated carbocycles. The molecule has 1 amide bonds. The number of anilines is 2. The van der Waals surface area contributed by atoms with E-state index in [2.05, 4.69) is 10.6 Å². The highest BCUT2D eigenvalue weighted by Crippen LogP contribution is 2.28. The summed E-state index contributed by atoms with van der Waals surface area (Å²) in [6.07, 6.45) is 3.03. The quantitative estimate of drug-likeness (QED) is 0.345. The number of carboxylic acids is 1. The fraction of sp³-hybridized carbons (Fsp3) is 0.250. The molecule has 2 aromatic rings. The first-order valence-electron chi connectivity index (χ1n) is 9.45. The zero-order valence-corrected chi connectivity index (χ0v) is 17.8. The standard InChI is InChI=1S/C20H19ClN4O5S/c21-15-6-4-12(19(27)28)10-16(15)22-20(31)23-18(26)14-11-13(25(29)30)5-7-17(14)24-8-2-1-3-9-24/h4-7,10-11H,1-3,8-9H2,(H,27,28)(H2,22,23,26,31). The van der Waals surface area contributed by atoms with Gasteiger partial charge < -0.3 is 15.3 Å².